The zero-order valence-corrected chi connectivity index (χ0v) is 16.6. The maximum Gasteiger partial charge on any atom is 0.227 e. The average Bonchev–Trinajstić information content (AvgIpc) is 3.13. The van der Waals surface area contributed by atoms with Crippen molar-refractivity contribution >= 4 is 21.8 Å². The summed E-state index contributed by atoms with van der Waals surface area (Å²) in [6.07, 6.45) is 5.68. The molecule has 0 atom stereocenters. The summed E-state index contributed by atoms with van der Waals surface area (Å²) in [5.41, 5.74) is 1.02. The molecule has 26 heavy (non-hydrogen) atoms. The number of anilines is 2. The van der Waals surface area contributed by atoms with Crippen molar-refractivity contribution in [3.05, 3.63) is 11.8 Å². The number of aryl methyl sites for hydroxylation is 1. The van der Waals surface area contributed by atoms with Gasteiger partial charge < -0.3 is 15.1 Å². The highest BCUT2D eigenvalue weighted by Gasteiger charge is 2.22. The first kappa shape index (κ1) is 19.3. The van der Waals surface area contributed by atoms with Crippen molar-refractivity contribution in [2.45, 2.75) is 38.6 Å². The Bertz CT molecular complexity index is 697. The topological polar surface area (TPSA) is 90.5 Å². The molecule has 3 heterocycles. The van der Waals surface area contributed by atoms with Gasteiger partial charge in [0, 0.05) is 57.1 Å². The van der Waals surface area contributed by atoms with Crippen molar-refractivity contribution in [3.63, 3.8) is 0 Å². The SMILES string of the molecule is Cc1cc(N2CCC(NCCNS(C)(=O)=O)CC2)nc(N2CCCC2)n1. The summed E-state index contributed by atoms with van der Waals surface area (Å²) in [6, 6.07) is 2.50. The molecule has 3 rings (SSSR count). The predicted octanol–water partition coefficient (Wildman–Crippen LogP) is 0.493. The minimum absolute atomic E-state index is 0.425. The summed E-state index contributed by atoms with van der Waals surface area (Å²) < 4.78 is 24.7. The van der Waals surface area contributed by atoms with Gasteiger partial charge >= 0.3 is 0 Å². The van der Waals surface area contributed by atoms with Crippen LogP contribution in [0.5, 0.6) is 0 Å². The van der Waals surface area contributed by atoms with Crippen LogP contribution in [0.2, 0.25) is 0 Å². The lowest BCUT2D eigenvalue weighted by molar-refractivity contribution is 0.416. The molecule has 9 heteroatoms. The average molecular weight is 383 g/mol. The van der Waals surface area contributed by atoms with E-state index in [1.807, 2.05) is 6.92 Å². The molecule has 2 aliphatic rings. The molecular weight excluding hydrogens is 352 g/mol. The van der Waals surface area contributed by atoms with Crippen LogP contribution in [-0.4, -0.2) is 70.0 Å². The van der Waals surface area contributed by atoms with E-state index in [4.69, 9.17) is 4.98 Å². The van der Waals surface area contributed by atoms with Gasteiger partial charge in [-0.3, -0.25) is 0 Å². The van der Waals surface area contributed by atoms with Crippen molar-refractivity contribution in [1.82, 2.24) is 20.0 Å². The van der Waals surface area contributed by atoms with E-state index >= 15 is 0 Å². The van der Waals surface area contributed by atoms with Crippen molar-refractivity contribution < 1.29 is 8.42 Å². The van der Waals surface area contributed by atoms with E-state index in [1.165, 1.54) is 19.1 Å². The van der Waals surface area contributed by atoms with E-state index in [9.17, 15) is 8.42 Å². The molecule has 1 aromatic heterocycles. The molecule has 0 bridgehead atoms. The normalized spacial score (nSPS) is 19.3. The number of nitrogens with one attached hydrogen (secondary N) is 2. The molecule has 2 fully saturated rings. The summed E-state index contributed by atoms with van der Waals surface area (Å²) >= 11 is 0. The molecular formula is C17H30N6O2S. The minimum Gasteiger partial charge on any atom is -0.356 e. The summed E-state index contributed by atoms with van der Waals surface area (Å²) in [7, 11) is -3.10. The van der Waals surface area contributed by atoms with Crippen LogP contribution in [0.4, 0.5) is 11.8 Å². The van der Waals surface area contributed by atoms with E-state index in [2.05, 4.69) is 30.9 Å². The summed E-state index contributed by atoms with van der Waals surface area (Å²) in [5.74, 6) is 1.89. The quantitative estimate of drug-likeness (QED) is 0.664. The second kappa shape index (κ2) is 8.49. The van der Waals surface area contributed by atoms with Crippen LogP contribution >= 0.6 is 0 Å². The Morgan fingerprint density at radius 2 is 1.77 bits per heavy atom. The van der Waals surface area contributed by atoms with Crippen molar-refractivity contribution in [2.75, 3.05) is 55.3 Å². The van der Waals surface area contributed by atoms with Crippen LogP contribution in [0.3, 0.4) is 0 Å². The highest BCUT2D eigenvalue weighted by Crippen LogP contribution is 2.23. The Balaban J connectivity index is 1.50. The van der Waals surface area contributed by atoms with Crippen molar-refractivity contribution in [1.29, 1.82) is 0 Å². The van der Waals surface area contributed by atoms with Crippen LogP contribution in [0.1, 0.15) is 31.4 Å². The van der Waals surface area contributed by atoms with Crippen LogP contribution in [-0.2, 0) is 10.0 Å². The molecule has 0 saturated carbocycles. The molecule has 2 aliphatic heterocycles. The number of nitrogens with zero attached hydrogens (tertiary/aromatic N) is 4. The number of sulfonamides is 1. The van der Waals surface area contributed by atoms with E-state index in [0.29, 0.717) is 19.1 Å². The third-order valence-electron chi connectivity index (χ3n) is 4.96. The Morgan fingerprint density at radius 1 is 1.08 bits per heavy atom. The van der Waals surface area contributed by atoms with Crippen molar-refractivity contribution in [3.8, 4) is 0 Å². The number of hydrogen-bond donors (Lipinski definition) is 2. The van der Waals surface area contributed by atoms with Gasteiger partial charge in [-0.1, -0.05) is 0 Å². The van der Waals surface area contributed by atoms with Gasteiger partial charge in [0.1, 0.15) is 5.82 Å². The van der Waals surface area contributed by atoms with Crippen LogP contribution in [0.15, 0.2) is 6.07 Å². The van der Waals surface area contributed by atoms with E-state index < -0.39 is 10.0 Å². The van der Waals surface area contributed by atoms with Gasteiger partial charge in [-0.2, -0.15) is 4.98 Å². The number of rotatable bonds is 7. The molecule has 1 aromatic rings. The molecule has 0 amide bonds. The fourth-order valence-electron chi connectivity index (χ4n) is 3.58. The highest BCUT2D eigenvalue weighted by atomic mass is 32.2. The van der Waals surface area contributed by atoms with E-state index in [1.54, 1.807) is 0 Å². The lowest BCUT2D eigenvalue weighted by atomic mass is 10.1. The summed E-state index contributed by atoms with van der Waals surface area (Å²) in [6.45, 7) is 7.13. The fraction of sp³-hybridized carbons (Fsp3) is 0.765. The summed E-state index contributed by atoms with van der Waals surface area (Å²) in [4.78, 5) is 14.0. The Hall–Kier alpha value is -1.45. The first-order valence-corrected chi connectivity index (χ1v) is 11.3. The monoisotopic (exact) mass is 382 g/mol. The first-order valence-electron chi connectivity index (χ1n) is 9.44. The van der Waals surface area contributed by atoms with Crippen LogP contribution in [0, 0.1) is 6.92 Å². The van der Waals surface area contributed by atoms with Crippen molar-refractivity contribution in [2.24, 2.45) is 0 Å². The number of hydrogen-bond acceptors (Lipinski definition) is 7. The molecule has 0 unspecified atom stereocenters. The lowest BCUT2D eigenvalue weighted by Gasteiger charge is -2.33. The maximum atomic E-state index is 11.1. The summed E-state index contributed by atoms with van der Waals surface area (Å²) in [5, 5.41) is 3.44. The van der Waals surface area contributed by atoms with Gasteiger partial charge in [0.25, 0.3) is 0 Å². The third-order valence-corrected chi connectivity index (χ3v) is 5.69. The Morgan fingerprint density at radius 3 is 2.42 bits per heavy atom. The van der Waals surface area contributed by atoms with Gasteiger partial charge in [0.2, 0.25) is 16.0 Å². The molecule has 0 aromatic carbocycles. The smallest absolute Gasteiger partial charge is 0.227 e. The molecule has 2 saturated heterocycles. The fourth-order valence-corrected chi connectivity index (χ4v) is 4.06. The first-order chi connectivity index (χ1) is 12.4. The Labute approximate surface area is 156 Å². The number of piperidine rings is 1. The van der Waals surface area contributed by atoms with E-state index in [-0.39, 0.29) is 0 Å². The second-order valence-electron chi connectivity index (χ2n) is 7.24. The maximum absolute atomic E-state index is 11.1. The van der Waals surface area contributed by atoms with Gasteiger partial charge in [0.05, 0.1) is 6.26 Å². The second-order valence-corrected chi connectivity index (χ2v) is 9.08. The van der Waals surface area contributed by atoms with Gasteiger partial charge in [-0.25, -0.2) is 18.1 Å². The van der Waals surface area contributed by atoms with Gasteiger partial charge in [-0.05, 0) is 32.6 Å². The molecule has 146 valence electrons. The highest BCUT2D eigenvalue weighted by molar-refractivity contribution is 7.88. The van der Waals surface area contributed by atoms with Gasteiger partial charge in [0.15, 0.2) is 0 Å². The largest absolute Gasteiger partial charge is 0.356 e. The van der Waals surface area contributed by atoms with Crippen LogP contribution < -0.4 is 19.8 Å². The molecule has 0 radical (unpaired) electrons. The predicted molar refractivity (Wildman–Crippen MR) is 104 cm³/mol. The van der Waals surface area contributed by atoms with Gasteiger partial charge in [-0.15, -0.1) is 0 Å². The molecule has 8 nitrogen and oxygen atoms in total. The molecule has 0 aliphatic carbocycles. The zero-order chi connectivity index (χ0) is 18.6. The molecule has 0 spiro atoms. The Kier molecular flexibility index (Phi) is 6.31. The van der Waals surface area contributed by atoms with Crippen LogP contribution in [0.25, 0.3) is 0 Å². The molecule has 2 N–H and O–H groups in total. The standard InChI is InChI=1S/C17H30N6O2S/c1-14-13-16(21-17(20-14)23-9-3-4-10-23)22-11-5-15(6-12-22)18-7-8-19-26(2,24)25/h13,15,18-19H,3-12H2,1-2H3. The minimum atomic E-state index is -3.10. The number of aromatic nitrogens is 2. The van der Waals surface area contributed by atoms with E-state index in [0.717, 1.165) is 56.5 Å². The third kappa shape index (κ3) is 5.52. The lowest BCUT2D eigenvalue weighted by Crippen LogP contribution is -2.45. The zero-order valence-electron chi connectivity index (χ0n) is 15.7.